The van der Waals surface area contributed by atoms with Crippen molar-refractivity contribution in [2.24, 2.45) is 0 Å². The van der Waals surface area contributed by atoms with Crippen LogP contribution < -0.4 is 10.9 Å². The number of nitrogens with one attached hydrogen (secondary N) is 2. The molecular formula is C18H17N3O3S2. The first-order chi connectivity index (χ1) is 12.3. The van der Waals surface area contributed by atoms with E-state index in [-0.39, 0.29) is 23.0 Å². The Morgan fingerprint density at radius 3 is 2.77 bits per heavy atom. The lowest BCUT2D eigenvalue weighted by Crippen LogP contribution is -2.15. The summed E-state index contributed by atoms with van der Waals surface area (Å²) < 4.78 is 0. The van der Waals surface area contributed by atoms with E-state index in [2.05, 4.69) is 15.3 Å². The van der Waals surface area contributed by atoms with Crippen molar-refractivity contribution in [2.75, 3.05) is 11.1 Å². The zero-order valence-electron chi connectivity index (χ0n) is 14.5. The van der Waals surface area contributed by atoms with Crippen molar-refractivity contribution in [2.45, 2.75) is 25.9 Å². The average molecular weight is 387 g/mol. The molecule has 8 heteroatoms. The van der Waals surface area contributed by atoms with Gasteiger partial charge in [-0.2, -0.15) is 0 Å². The largest absolute Gasteiger partial charge is 0.325 e. The first kappa shape index (κ1) is 18.3. The second-order valence-corrected chi connectivity index (χ2v) is 7.83. The summed E-state index contributed by atoms with van der Waals surface area (Å²) in [6.07, 6.45) is 0. The van der Waals surface area contributed by atoms with Crippen molar-refractivity contribution in [1.29, 1.82) is 0 Å². The van der Waals surface area contributed by atoms with Crippen molar-refractivity contribution < 1.29 is 9.59 Å². The van der Waals surface area contributed by atoms with Crippen LogP contribution in [0.25, 0.3) is 10.2 Å². The molecule has 134 valence electrons. The number of rotatable bonds is 5. The lowest BCUT2D eigenvalue weighted by atomic mass is 10.2. The Hall–Kier alpha value is -2.45. The van der Waals surface area contributed by atoms with Crippen molar-refractivity contribution >= 4 is 50.7 Å². The van der Waals surface area contributed by atoms with E-state index in [0.717, 1.165) is 23.0 Å². The van der Waals surface area contributed by atoms with Gasteiger partial charge in [0.25, 0.3) is 5.56 Å². The standard InChI is InChI=1S/C18H17N3O3S2/c1-9-5-4-6-12(7-9)19-13(23)8-25-18-20-16(24)14-10(2)15(11(3)22)26-17(14)21-18/h4-7H,8H2,1-3H3,(H,19,23)(H,20,21,24). The molecule has 1 amide bonds. The number of carbonyl (C=O) groups is 2. The molecule has 2 heterocycles. The molecule has 26 heavy (non-hydrogen) atoms. The Labute approximate surface area is 158 Å². The number of H-pyrrole nitrogens is 1. The van der Waals surface area contributed by atoms with Crippen molar-refractivity contribution in [1.82, 2.24) is 9.97 Å². The van der Waals surface area contributed by atoms with Gasteiger partial charge >= 0.3 is 0 Å². The van der Waals surface area contributed by atoms with E-state index in [1.54, 1.807) is 6.92 Å². The fraction of sp³-hybridized carbons (Fsp3) is 0.222. The SMILES string of the molecule is CC(=O)c1sc2nc(SCC(=O)Nc3cccc(C)c3)[nH]c(=O)c2c1C. The third-order valence-electron chi connectivity index (χ3n) is 3.74. The van der Waals surface area contributed by atoms with Crippen LogP contribution in [-0.4, -0.2) is 27.4 Å². The van der Waals surface area contributed by atoms with E-state index in [9.17, 15) is 14.4 Å². The Morgan fingerprint density at radius 1 is 1.31 bits per heavy atom. The molecule has 0 atom stereocenters. The quantitative estimate of drug-likeness (QED) is 0.397. The fourth-order valence-corrected chi connectivity index (χ4v) is 4.38. The fourth-order valence-electron chi connectivity index (χ4n) is 2.58. The third kappa shape index (κ3) is 3.86. The number of hydrogen-bond donors (Lipinski definition) is 2. The molecule has 0 aliphatic carbocycles. The highest BCUT2D eigenvalue weighted by atomic mass is 32.2. The van der Waals surface area contributed by atoms with Gasteiger partial charge in [0, 0.05) is 5.69 Å². The molecule has 0 fully saturated rings. The van der Waals surface area contributed by atoms with Gasteiger partial charge in [-0.1, -0.05) is 23.9 Å². The molecule has 2 aromatic heterocycles. The molecule has 0 saturated heterocycles. The zero-order chi connectivity index (χ0) is 18.8. The van der Waals surface area contributed by atoms with E-state index in [1.165, 1.54) is 18.3 Å². The molecule has 0 spiro atoms. The summed E-state index contributed by atoms with van der Waals surface area (Å²) in [7, 11) is 0. The van der Waals surface area contributed by atoms with E-state index in [0.29, 0.717) is 25.8 Å². The lowest BCUT2D eigenvalue weighted by molar-refractivity contribution is -0.113. The second kappa shape index (κ2) is 7.43. The Balaban J connectivity index is 1.76. The molecular weight excluding hydrogens is 370 g/mol. The molecule has 0 radical (unpaired) electrons. The minimum atomic E-state index is -0.294. The van der Waals surface area contributed by atoms with Crippen molar-refractivity contribution in [3.8, 4) is 0 Å². The van der Waals surface area contributed by atoms with Crippen molar-refractivity contribution in [3.05, 3.63) is 50.6 Å². The molecule has 0 unspecified atom stereocenters. The van der Waals surface area contributed by atoms with Crippen LogP contribution in [-0.2, 0) is 4.79 Å². The van der Waals surface area contributed by atoms with Crippen LogP contribution in [0.4, 0.5) is 5.69 Å². The van der Waals surface area contributed by atoms with Gasteiger partial charge in [0.1, 0.15) is 4.83 Å². The van der Waals surface area contributed by atoms with Crippen molar-refractivity contribution in [3.63, 3.8) is 0 Å². The van der Waals surface area contributed by atoms with Crippen LogP contribution in [0.3, 0.4) is 0 Å². The average Bonchev–Trinajstić information content (AvgIpc) is 2.90. The monoisotopic (exact) mass is 387 g/mol. The maximum atomic E-state index is 12.3. The number of fused-ring (bicyclic) bond motifs is 1. The molecule has 2 N–H and O–H groups in total. The number of hydrogen-bond acceptors (Lipinski definition) is 6. The number of anilines is 1. The number of thioether (sulfide) groups is 1. The molecule has 1 aromatic carbocycles. The summed E-state index contributed by atoms with van der Waals surface area (Å²) in [6.45, 7) is 5.17. The van der Waals surface area contributed by atoms with E-state index in [4.69, 9.17) is 0 Å². The summed E-state index contributed by atoms with van der Waals surface area (Å²) in [5.74, 6) is -0.154. The summed E-state index contributed by atoms with van der Waals surface area (Å²) in [6, 6.07) is 7.52. The molecule has 3 aromatic rings. The minimum Gasteiger partial charge on any atom is -0.325 e. The molecule has 6 nitrogen and oxygen atoms in total. The van der Waals surface area contributed by atoms with Crippen LogP contribution >= 0.6 is 23.1 Å². The predicted octanol–water partition coefficient (Wildman–Crippen LogP) is 3.53. The summed E-state index contributed by atoms with van der Waals surface area (Å²) in [4.78, 5) is 44.2. The number of aromatic amines is 1. The van der Waals surface area contributed by atoms with Gasteiger partial charge in [0.2, 0.25) is 5.91 Å². The highest BCUT2D eigenvalue weighted by Gasteiger charge is 2.17. The Kier molecular flexibility index (Phi) is 5.24. The van der Waals surface area contributed by atoms with E-state index in [1.807, 2.05) is 31.2 Å². The summed E-state index contributed by atoms with van der Waals surface area (Å²) >= 11 is 2.35. The topological polar surface area (TPSA) is 91.9 Å². The van der Waals surface area contributed by atoms with Gasteiger partial charge < -0.3 is 10.3 Å². The molecule has 0 aliphatic heterocycles. The number of amides is 1. The maximum Gasteiger partial charge on any atom is 0.260 e. The number of carbonyl (C=O) groups excluding carboxylic acids is 2. The van der Waals surface area contributed by atoms with Crippen LogP contribution in [0, 0.1) is 13.8 Å². The van der Waals surface area contributed by atoms with Gasteiger partial charge in [0.05, 0.1) is 16.0 Å². The number of aryl methyl sites for hydroxylation is 2. The number of aromatic nitrogens is 2. The zero-order valence-corrected chi connectivity index (χ0v) is 16.1. The van der Waals surface area contributed by atoms with Crippen LogP contribution in [0.15, 0.2) is 34.2 Å². The van der Waals surface area contributed by atoms with Gasteiger partial charge in [0.15, 0.2) is 10.9 Å². The smallest absolute Gasteiger partial charge is 0.260 e. The Morgan fingerprint density at radius 2 is 2.08 bits per heavy atom. The third-order valence-corrected chi connectivity index (χ3v) is 5.90. The first-order valence-electron chi connectivity index (χ1n) is 7.89. The van der Waals surface area contributed by atoms with Gasteiger partial charge in [-0.3, -0.25) is 14.4 Å². The van der Waals surface area contributed by atoms with Gasteiger partial charge in [-0.25, -0.2) is 4.98 Å². The minimum absolute atomic E-state index is 0.0864. The van der Waals surface area contributed by atoms with E-state index >= 15 is 0 Å². The normalized spacial score (nSPS) is 10.9. The molecule has 0 saturated carbocycles. The second-order valence-electron chi connectivity index (χ2n) is 5.87. The maximum absolute atomic E-state index is 12.3. The first-order valence-corrected chi connectivity index (χ1v) is 9.69. The van der Waals surface area contributed by atoms with E-state index < -0.39 is 0 Å². The molecule has 0 aliphatic rings. The van der Waals surface area contributed by atoms with Gasteiger partial charge in [-0.15, -0.1) is 11.3 Å². The summed E-state index contributed by atoms with van der Waals surface area (Å²) in [5, 5.41) is 3.61. The number of ketones is 1. The number of nitrogens with zero attached hydrogens (tertiary/aromatic N) is 1. The predicted molar refractivity (Wildman–Crippen MR) is 106 cm³/mol. The highest BCUT2D eigenvalue weighted by Crippen LogP contribution is 2.28. The molecule has 3 rings (SSSR count). The summed E-state index contributed by atoms with van der Waals surface area (Å²) in [5.41, 5.74) is 2.14. The molecule has 0 bridgehead atoms. The van der Waals surface area contributed by atoms with Gasteiger partial charge in [-0.05, 0) is 44.0 Å². The highest BCUT2D eigenvalue weighted by molar-refractivity contribution is 7.99. The number of Topliss-reactive ketones (excluding diaryl/α,β-unsaturated/α-hetero) is 1. The Bertz CT molecular complexity index is 1070. The number of benzene rings is 1. The number of thiophene rings is 1. The van der Waals surface area contributed by atoms with Crippen LogP contribution in [0.5, 0.6) is 0 Å². The van der Waals surface area contributed by atoms with Crippen LogP contribution in [0.1, 0.15) is 27.7 Å². The van der Waals surface area contributed by atoms with Crippen LogP contribution in [0.2, 0.25) is 0 Å². The lowest BCUT2D eigenvalue weighted by Gasteiger charge is -2.05.